The molecule has 0 aliphatic carbocycles. The fourth-order valence-corrected chi connectivity index (χ4v) is 4.54. The van der Waals surface area contributed by atoms with Gasteiger partial charge in [0.05, 0.1) is 23.1 Å². The second-order valence-electron chi connectivity index (χ2n) is 7.98. The Morgan fingerprint density at radius 1 is 1.12 bits per heavy atom. The van der Waals surface area contributed by atoms with Crippen molar-refractivity contribution in [2.45, 2.75) is 19.4 Å². The topological polar surface area (TPSA) is 70.1 Å². The summed E-state index contributed by atoms with van der Waals surface area (Å²) >= 11 is 1.28. The number of rotatable bonds is 8. The standard InChI is InChI=1S/C26H26N2O4S/c1-4-14-32-20-8-5-7-19(16-20)28-23(17-10-12-18(13-11-17)27(2)3)22(25(30)26(28)31)24(29)21-9-6-15-33-21/h5-13,15-16,23,30H,4,14H2,1-3H3. The molecule has 4 rings (SSSR count). The molecule has 2 heterocycles. The van der Waals surface area contributed by atoms with Crippen LogP contribution in [-0.2, 0) is 4.79 Å². The van der Waals surface area contributed by atoms with Gasteiger partial charge in [-0.25, -0.2) is 0 Å². The van der Waals surface area contributed by atoms with Gasteiger partial charge in [-0.3, -0.25) is 14.5 Å². The van der Waals surface area contributed by atoms with Gasteiger partial charge in [-0.1, -0.05) is 31.2 Å². The lowest BCUT2D eigenvalue weighted by molar-refractivity contribution is -0.117. The predicted octanol–water partition coefficient (Wildman–Crippen LogP) is 5.39. The molecule has 170 valence electrons. The zero-order valence-electron chi connectivity index (χ0n) is 18.8. The minimum atomic E-state index is -0.760. The second kappa shape index (κ2) is 9.50. The molecule has 0 radical (unpaired) electrons. The zero-order chi connectivity index (χ0) is 23.5. The first-order valence-corrected chi connectivity index (χ1v) is 11.7. The van der Waals surface area contributed by atoms with Crippen LogP contribution in [0.5, 0.6) is 5.75 Å². The van der Waals surface area contributed by atoms with E-state index in [4.69, 9.17) is 4.74 Å². The molecule has 33 heavy (non-hydrogen) atoms. The summed E-state index contributed by atoms with van der Waals surface area (Å²) in [7, 11) is 3.89. The van der Waals surface area contributed by atoms with E-state index in [1.807, 2.05) is 56.3 Å². The Kier molecular flexibility index (Phi) is 6.51. The van der Waals surface area contributed by atoms with Crippen LogP contribution in [0.3, 0.4) is 0 Å². The van der Waals surface area contributed by atoms with E-state index < -0.39 is 17.7 Å². The summed E-state index contributed by atoms with van der Waals surface area (Å²) in [6.07, 6.45) is 0.857. The van der Waals surface area contributed by atoms with Gasteiger partial charge < -0.3 is 14.7 Å². The van der Waals surface area contributed by atoms with E-state index in [9.17, 15) is 14.7 Å². The molecule has 0 fully saturated rings. The molecule has 2 aromatic carbocycles. The lowest BCUT2D eigenvalue weighted by Gasteiger charge is -2.27. The summed E-state index contributed by atoms with van der Waals surface area (Å²) in [5.74, 6) is -0.848. The van der Waals surface area contributed by atoms with Crippen LogP contribution in [0.15, 0.2) is 77.4 Å². The Bertz CT molecular complexity index is 1180. The van der Waals surface area contributed by atoms with Gasteiger partial charge in [0.25, 0.3) is 5.91 Å². The van der Waals surface area contributed by atoms with Crippen LogP contribution in [0.1, 0.15) is 34.6 Å². The first-order chi connectivity index (χ1) is 15.9. The molecule has 0 bridgehead atoms. The molecule has 1 atom stereocenters. The normalized spacial score (nSPS) is 15.8. The number of aliphatic hydroxyl groups is 1. The number of benzene rings is 2. The molecule has 1 aliphatic rings. The fourth-order valence-electron chi connectivity index (χ4n) is 3.86. The van der Waals surface area contributed by atoms with Crippen molar-refractivity contribution in [1.82, 2.24) is 0 Å². The van der Waals surface area contributed by atoms with Crippen molar-refractivity contribution in [1.29, 1.82) is 0 Å². The van der Waals surface area contributed by atoms with Gasteiger partial charge >= 0.3 is 0 Å². The number of Topliss-reactive ketones (excluding diaryl/α,β-unsaturated/α-hetero) is 1. The van der Waals surface area contributed by atoms with Crippen molar-refractivity contribution in [2.24, 2.45) is 0 Å². The maximum atomic E-state index is 13.4. The number of ether oxygens (including phenoxy) is 1. The Hall–Kier alpha value is -3.58. The number of anilines is 2. The number of carbonyl (C=O) groups excluding carboxylic acids is 2. The van der Waals surface area contributed by atoms with Gasteiger partial charge in [0.15, 0.2) is 5.76 Å². The number of nitrogens with zero attached hydrogens (tertiary/aromatic N) is 2. The molecule has 0 saturated carbocycles. The SMILES string of the molecule is CCCOc1cccc(N2C(=O)C(O)=C(C(=O)c3cccs3)C2c2ccc(N(C)C)cc2)c1. The average Bonchev–Trinajstić information content (AvgIpc) is 3.45. The minimum Gasteiger partial charge on any atom is -0.503 e. The largest absolute Gasteiger partial charge is 0.503 e. The lowest BCUT2D eigenvalue weighted by atomic mass is 9.95. The first-order valence-electron chi connectivity index (χ1n) is 10.8. The number of carbonyl (C=O) groups is 2. The zero-order valence-corrected chi connectivity index (χ0v) is 19.6. The fraction of sp³-hybridized carbons (Fsp3) is 0.231. The van der Waals surface area contributed by atoms with E-state index in [1.54, 1.807) is 35.7 Å². The van der Waals surface area contributed by atoms with Crippen LogP contribution in [0, 0.1) is 0 Å². The van der Waals surface area contributed by atoms with Crippen molar-refractivity contribution in [3.8, 4) is 5.75 Å². The molecule has 1 unspecified atom stereocenters. The Morgan fingerprint density at radius 3 is 2.52 bits per heavy atom. The summed E-state index contributed by atoms with van der Waals surface area (Å²) in [4.78, 5) is 30.6. The van der Waals surface area contributed by atoms with Crippen LogP contribution < -0.4 is 14.5 Å². The van der Waals surface area contributed by atoms with Gasteiger partial charge in [-0.05, 0) is 47.7 Å². The van der Waals surface area contributed by atoms with E-state index in [0.717, 1.165) is 17.7 Å². The average molecular weight is 463 g/mol. The highest BCUT2D eigenvalue weighted by atomic mass is 32.1. The molecule has 1 N–H and O–H groups in total. The third kappa shape index (κ3) is 4.36. The summed E-state index contributed by atoms with van der Waals surface area (Å²) in [6.45, 7) is 2.57. The number of hydrogen-bond donors (Lipinski definition) is 1. The van der Waals surface area contributed by atoms with Crippen molar-refractivity contribution in [3.63, 3.8) is 0 Å². The Labute approximate surface area is 197 Å². The maximum absolute atomic E-state index is 13.4. The molecular formula is C26H26N2O4S. The quantitative estimate of drug-likeness (QED) is 0.455. The monoisotopic (exact) mass is 462 g/mol. The summed E-state index contributed by atoms with van der Waals surface area (Å²) in [5, 5.41) is 12.7. The number of aliphatic hydroxyl groups excluding tert-OH is 1. The van der Waals surface area contributed by atoms with Crippen molar-refractivity contribution in [2.75, 3.05) is 30.5 Å². The van der Waals surface area contributed by atoms with Crippen LogP contribution in [0.4, 0.5) is 11.4 Å². The summed E-state index contributed by atoms with van der Waals surface area (Å²) in [6, 6.07) is 17.5. The molecule has 1 amide bonds. The van der Waals surface area contributed by atoms with Crippen LogP contribution in [-0.4, -0.2) is 37.5 Å². The van der Waals surface area contributed by atoms with Gasteiger partial charge in [-0.15, -0.1) is 11.3 Å². The summed E-state index contributed by atoms with van der Waals surface area (Å²) in [5.41, 5.74) is 2.36. The van der Waals surface area contributed by atoms with Gasteiger partial charge in [-0.2, -0.15) is 0 Å². The Morgan fingerprint density at radius 2 is 1.88 bits per heavy atom. The van der Waals surface area contributed by atoms with Crippen molar-refractivity contribution < 1.29 is 19.4 Å². The molecule has 0 spiro atoms. The molecule has 7 heteroatoms. The molecule has 3 aromatic rings. The van der Waals surface area contributed by atoms with E-state index in [0.29, 0.717) is 22.9 Å². The maximum Gasteiger partial charge on any atom is 0.294 e. The van der Waals surface area contributed by atoms with E-state index in [-0.39, 0.29) is 11.4 Å². The smallest absolute Gasteiger partial charge is 0.294 e. The third-order valence-corrected chi connectivity index (χ3v) is 6.36. The highest BCUT2D eigenvalue weighted by Crippen LogP contribution is 2.43. The van der Waals surface area contributed by atoms with Crippen molar-refractivity contribution >= 4 is 34.4 Å². The highest BCUT2D eigenvalue weighted by Gasteiger charge is 2.45. The molecule has 0 saturated heterocycles. The van der Waals surface area contributed by atoms with Crippen LogP contribution in [0.25, 0.3) is 0 Å². The molecule has 6 nitrogen and oxygen atoms in total. The predicted molar refractivity (Wildman–Crippen MR) is 132 cm³/mol. The van der Waals surface area contributed by atoms with E-state index in [1.165, 1.54) is 16.2 Å². The van der Waals surface area contributed by atoms with E-state index >= 15 is 0 Å². The Balaban J connectivity index is 1.82. The highest BCUT2D eigenvalue weighted by molar-refractivity contribution is 7.12. The van der Waals surface area contributed by atoms with Crippen LogP contribution in [0.2, 0.25) is 0 Å². The first kappa shape index (κ1) is 22.6. The number of amides is 1. The second-order valence-corrected chi connectivity index (χ2v) is 8.93. The minimum absolute atomic E-state index is 0.0833. The molecular weight excluding hydrogens is 436 g/mol. The number of hydrogen-bond acceptors (Lipinski definition) is 6. The lowest BCUT2D eigenvalue weighted by Crippen LogP contribution is -2.31. The van der Waals surface area contributed by atoms with Crippen molar-refractivity contribution in [3.05, 3.63) is 87.8 Å². The number of ketones is 1. The van der Waals surface area contributed by atoms with Gasteiger partial charge in [0.2, 0.25) is 5.78 Å². The molecule has 1 aliphatic heterocycles. The van der Waals surface area contributed by atoms with Crippen LogP contribution >= 0.6 is 11.3 Å². The summed E-state index contributed by atoms with van der Waals surface area (Å²) < 4.78 is 5.75. The van der Waals surface area contributed by atoms with Gasteiger partial charge in [0, 0.05) is 31.5 Å². The number of thiophene rings is 1. The van der Waals surface area contributed by atoms with E-state index in [2.05, 4.69) is 0 Å². The third-order valence-electron chi connectivity index (χ3n) is 5.49. The van der Waals surface area contributed by atoms with Gasteiger partial charge in [0.1, 0.15) is 5.75 Å². The molecule has 1 aromatic heterocycles.